The molecule has 1 aliphatic heterocycles. The molecule has 22 nitrogen and oxygen atoms in total. The van der Waals surface area contributed by atoms with Gasteiger partial charge in [0.25, 0.3) is 0 Å². The van der Waals surface area contributed by atoms with Crippen LogP contribution in [0.5, 0.6) is 69.0 Å². The highest BCUT2D eigenvalue weighted by molar-refractivity contribution is 5.95. The molecule has 294 valence electrons. The number of ether oxygens (including phenoxy) is 5. The Labute approximate surface area is 309 Å². The number of esters is 4. The molecule has 0 radical (unpaired) electrons. The van der Waals surface area contributed by atoms with Gasteiger partial charge in [-0.3, -0.25) is 0 Å². The molecule has 0 aliphatic carbocycles. The molecule has 0 spiro atoms. The van der Waals surface area contributed by atoms with Crippen molar-refractivity contribution < 1.29 is 109 Å². The third-order valence-corrected chi connectivity index (χ3v) is 7.79. The van der Waals surface area contributed by atoms with Gasteiger partial charge in [0, 0.05) is 6.42 Å². The van der Waals surface area contributed by atoms with Crippen LogP contribution in [-0.4, -0.2) is 116 Å². The van der Waals surface area contributed by atoms with Crippen molar-refractivity contribution >= 4 is 29.8 Å². The normalized spacial score (nSPS) is 17.6. The van der Waals surface area contributed by atoms with Crippen LogP contribution in [0.2, 0.25) is 0 Å². The van der Waals surface area contributed by atoms with E-state index in [1.165, 1.54) is 0 Å². The molecule has 4 atom stereocenters. The van der Waals surface area contributed by atoms with Crippen molar-refractivity contribution in [3.8, 4) is 69.0 Å². The van der Waals surface area contributed by atoms with Crippen LogP contribution in [0, 0.1) is 0 Å². The smallest absolute Gasteiger partial charge is 0.343 e. The summed E-state index contributed by atoms with van der Waals surface area (Å²) in [6.07, 6.45) is -9.35. The van der Waals surface area contributed by atoms with E-state index >= 15 is 0 Å². The lowest BCUT2D eigenvalue weighted by molar-refractivity contribution is -0.247. The van der Waals surface area contributed by atoms with Crippen LogP contribution in [0.1, 0.15) is 47.9 Å². The number of carboxylic acid groups (broad SMARTS) is 1. The first-order chi connectivity index (χ1) is 26.2. The number of benzene rings is 4. The molecule has 22 heteroatoms. The Hall–Kier alpha value is -8.01. The van der Waals surface area contributed by atoms with Crippen molar-refractivity contribution in [2.45, 2.75) is 31.0 Å². The average molecular weight is 787 g/mol. The van der Waals surface area contributed by atoms with Gasteiger partial charge >= 0.3 is 29.8 Å². The maximum absolute atomic E-state index is 13.5. The lowest BCUT2D eigenvalue weighted by Gasteiger charge is -2.38. The summed E-state index contributed by atoms with van der Waals surface area (Å²) in [6.45, 7) is 0. The molecule has 0 aromatic heterocycles. The molecule has 0 amide bonds. The summed E-state index contributed by atoms with van der Waals surface area (Å²) in [4.78, 5) is 64.7. The molecule has 12 N–H and O–H groups in total. The first-order valence-corrected chi connectivity index (χ1v) is 15.3. The summed E-state index contributed by atoms with van der Waals surface area (Å²) in [6, 6.07) is 5.00. The summed E-state index contributed by atoms with van der Waals surface area (Å²) in [5, 5.41) is 118. The van der Waals surface area contributed by atoms with E-state index in [1.807, 2.05) is 0 Å². The number of hydrogen-bond acceptors (Lipinski definition) is 21. The number of carbonyl (C=O) groups excluding carboxylic acids is 4. The highest BCUT2D eigenvalue weighted by Gasteiger charge is 2.48. The minimum Gasteiger partial charge on any atom is -0.504 e. The predicted molar refractivity (Wildman–Crippen MR) is 174 cm³/mol. The van der Waals surface area contributed by atoms with Crippen molar-refractivity contribution in [2.24, 2.45) is 0 Å². The minimum absolute atomic E-state index is 0.564. The molecule has 4 aromatic carbocycles. The highest BCUT2D eigenvalue weighted by Crippen LogP contribution is 2.41. The van der Waals surface area contributed by atoms with Gasteiger partial charge in [0.2, 0.25) is 18.1 Å². The first kappa shape index (κ1) is 39.2. The molecule has 0 unspecified atom stereocenters. The van der Waals surface area contributed by atoms with Crippen molar-refractivity contribution in [1.29, 1.82) is 0 Å². The molecule has 5 rings (SSSR count). The molecule has 1 saturated heterocycles. The van der Waals surface area contributed by atoms with E-state index in [2.05, 4.69) is 0 Å². The second-order valence-corrected chi connectivity index (χ2v) is 11.6. The summed E-state index contributed by atoms with van der Waals surface area (Å²) in [7, 11) is 0. The number of rotatable bonds is 9. The maximum Gasteiger partial charge on any atom is 0.343 e. The molecular formula is C34H26O22. The zero-order valence-corrected chi connectivity index (χ0v) is 27.6. The fourth-order valence-corrected chi connectivity index (χ4v) is 5.00. The van der Waals surface area contributed by atoms with Gasteiger partial charge in [0.15, 0.2) is 69.3 Å². The lowest BCUT2D eigenvalue weighted by atomic mass is 10.0. The number of aromatic hydroxyl groups is 11. The van der Waals surface area contributed by atoms with E-state index in [0.717, 1.165) is 0 Å². The number of phenols is 11. The fraction of sp³-hybridized carbons (Fsp3) is 0.147. The second-order valence-electron chi connectivity index (χ2n) is 11.6. The second kappa shape index (κ2) is 15.2. The monoisotopic (exact) mass is 786 g/mol. The Kier molecular flexibility index (Phi) is 10.6. The standard InChI is InChI=1S/C34H26O22/c35-14-1-10(2-15(36)24(14)42)30(48)52-21-8-13(7-20(41)27(21)45)33(51)56-34-28(55-32(50)12-5-18(39)26(44)19(40)6-12)22(9-23(54-34)29(46)47)53-31(49)11-3-16(37)25(43)17(38)4-11/h1-8,22-23,28,34-45H,9H2,(H,46,47)/t22-,23-,28+,34-/m0/s1. The number of carboxylic acids is 1. The van der Waals surface area contributed by atoms with Crippen LogP contribution in [0.25, 0.3) is 0 Å². The Morgan fingerprint density at radius 2 is 0.839 bits per heavy atom. The third kappa shape index (κ3) is 7.98. The van der Waals surface area contributed by atoms with Gasteiger partial charge < -0.3 is 85.0 Å². The SMILES string of the molecule is O=C(Oc1cc(C(=O)O[C@@H]2O[C@H](C(=O)O)C[C@H](OC(=O)c3cc(O)c(O)c(O)c3)[C@H]2OC(=O)c2cc(O)c(O)c(O)c2)cc(O)c1O)c1cc(O)c(O)c(O)c1. The minimum atomic E-state index is -2.37. The van der Waals surface area contributed by atoms with E-state index in [9.17, 15) is 85.3 Å². The summed E-state index contributed by atoms with van der Waals surface area (Å²) in [5.74, 6) is -19.8. The summed E-state index contributed by atoms with van der Waals surface area (Å²) < 4.78 is 26.2. The topological polar surface area (TPSA) is 374 Å². The van der Waals surface area contributed by atoms with Gasteiger partial charge in [0.1, 0.15) is 6.10 Å². The van der Waals surface area contributed by atoms with Crippen molar-refractivity contribution in [1.82, 2.24) is 0 Å². The summed E-state index contributed by atoms with van der Waals surface area (Å²) >= 11 is 0. The number of aliphatic carboxylic acids is 1. The molecule has 1 fully saturated rings. The van der Waals surface area contributed by atoms with E-state index in [1.54, 1.807) is 0 Å². The molecule has 1 heterocycles. The summed E-state index contributed by atoms with van der Waals surface area (Å²) in [5.41, 5.74) is -2.68. The van der Waals surface area contributed by atoms with Crippen LogP contribution in [0.15, 0.2) is 48.5 Å². The van der Waals surface area contributed by atoms with Gasteiger partial charge in [-0.25, -0.2) is 24.0 Å². The zero-order chi connectivity index (χ0) is 41.3. The van der Waals surface area contributed by atoms with Crippen LogP contribution in [-0.2, 0) is 23.7 Å². The highest BCUT2D eigenvalue weighted by atomic mass is 16.7. The van der Waals surface area contributed by atoms with Crippen molar-refractivity contribution in [2.75, 3.05) is 0 Å². The van der Waals surface area contributed by atoms with Gasteiger partial charge in [-0.15, -0.1) is 0 Å². The number of phenolic OH excluding ortho intramolecular Hbond substituents is 11. The van der Waals surface area contributed by atoms with E-state index in [-0.39, 0.29) is 0 Å². The van der Waals surface area contributed by atoms with Crippen molar-refractivity contribution in [3.05, 3.63) is 70.8 Å². The Bertz CT molecular complexity index is 2210. The molecule has 0 saturated carbocycles. The van der Waals surface area contributed by atoms with Crippen molar-refractivity contribution in [3.63, 3.8) is 0 Å². The van der Waals surface area contributed by atoms with Crippen LogP contribution < -0.4 is 4.74 Å². The molecule has 1 aliphatic rings. The van der Waals surface area contributed by atoms with Gasteiger partial charge in [0.05, 0.1) is 22.3 Å². The van der Waals surface area contributed by atoms with Gasteiger partial charge in [-0.2, -0.15) is 0 Å². The Morgan fingerprint density at radius 3 is 1.27 bits per heavy atom. The largest absolute Gasteiger partial charge is 0.504 e. The molecule has 4 aromatic rings. The van der Waals surface area contributed by atoms with Gasteiger partial charge in [-0.1, -0.05) is 0 Å². The predicted octanol–water partition coefficient (Wildman–Crippen LogP) is 1.48. The van der Waals surface area contributed by atoms with Crippen LogP contribution in [0.3, 0.4) is 0 Å². The van der Waals surface area contributed by atoms with E-state index in [0.29, 0.717) is 48.5 Å². The average Bonchev–Trinajstić information content (AvgIpc) is 3.13. The van der Waals surface area contributed by atoms with E-state index in [4.69, 9.17) is 23.7 Å². The molecular weight excluding hydrogens is 760 g/mol. The third-order valence-electron chi connectivity index (χ3n) is 7.79. The fourth-order valence-electron chi connectivity index (χ4n) is 5.00. The van der Waals surface area contributed by atoms with Crippen LogP contribution >= 0.6 is 0 Å². The zero-order valence-electron chi connectivity index (χ0n) is 27.6. The number of hydrogen-bond donors (Lipinski definition) is 12. The lowest BCUT2D eigenvalue weighted by Crippen LogP contribution is -2.55. The maximum atomic E-state index is 13.5. The Balaban J connectivity index is 1.50. The first-order valence-electron chi connectivity index (χ1n) is 15.3. The number of carbonyl (C=O) groups is 5. The van der Waals surface area contributed by atoms with Crippen LogP contribution in [0.4, 0.5) is 0 Å². The molecule has 56 heavy (non-hydrogen) atoms. The Morgan fingerprint density at radius 1 is 0.482 bits per heavy atom. The van der Waals surface area contributed by atoms with Gasteiger partial charge in [-0.05, 0) is 48.5 Å². The quantitative estimate of drug-likeness (QED) is 0.0494. The molecule has 0 bridgehead atoms. The van der Waals surface area contributed by atoms with E-state index < -0.39 is 152 Å².